The predicted octanol–water partition coefficient (Wildman–Crippen LogP) is 10.8. The Bertz CT molecular complexity index is 2440. The molecule has 3 aliphatic rings. The van der Waals surface area contributed by atoms with Crippen LogP contribution in [0.1, 0.15) is 129 Å². The summed E-state index contributed by atoms with van der Waals surface area (Å²) in [6.07, 6.45) is 5.59. The molecule has 4 aromatic rings. The number of carbonyl (C=O) groups is 5. The van der Waals surface area contributed by atoms with Crippen LogP contribution in [0.2, 0.25) is 0 Å². The maximum absolute atomic E-state index is 13.3. The molecule has 348 valence electrons. The Morgan fingerprint density at radius 3 is 1.65 bits per heavy atom. The van der Waals surface area contributed by atoms with Crippen molar-refractivity contribution in [2.75, 3.05) is 44.2 Å². The van der Waals surface area contributed by atoms with Crippen LogP contribution in [-0.4, -0.2) is 65.4 Å². The van der Waals surface area contributed by atoms with Crippen molar-refractivity contribution in [2.45, 2.75) is 130 Å². The first-order valence-corrected chi connectivity index (χ1v) is 23.5. The van der Waals surface area contributed by atoms with E-state index >= 15 is 0 Å². The molecule has 7 rings (SSSR count). The molecule has 4 atom stereocenters. The number of rotatable bonds is 13. The van der Waals surface area contributed by atoms with Crippen LogP contribution in [0.25, 0.3) is 5.57 Å². The van der Waals surface area contributed by atoms with E-state index in [0.29, 0.717) is 50.1 Å². The summed E-state index contributed by atoms with van der Waals surface area (Å²) < 4.78 is 5.58. The number of anilines is 6. The van der Waals surface area contributed by atoms with Crippen LogP contribution in [0.15, 0.2) is 97.1 Å². The number of hydrogen-bond acceptors (Lipinski definition) is 8. The second-order valence-electron chi connectivity index (χ2n) is 18.6. The SMILES string of the molecule is CCC(=O)N1c2ccccc2[C@H](Nc2ccc(NC(=O)CCCC(=O)Nc3ccc(N[C@@H]4C[C@H](C)N(C(=O)CC)c5cc(C6=CCN(C(=O)OC(C)(C)C)CC6)ccc54)cc3)cc2)C[C@@H]1C. The van der Waals surface area contributed by atoms with Crippen molar-refractivity contribution in [3.8, 4) is 0 Å². The van der Waals surface area contributed by atoms with E-state index in [1.165, 1.54) is 0 Å². The van der Waals surface area contributed by atoms with Crippen LogP contribution in [0.3, 0.4) is 0 Å². The largest absolute Gasteiger partial charge is 0.444 e. The molecule has 13 heteroatoms. The molecule has 66 heavy (non-hydrogen) atoms. The molecule has 0 aliphatic carbocycles. The van der Waals surface area contributed by atoms with Gasteiger partial charge in [0.15, 0.2) is 0 Å². The third-order valence-corrected chi connectivity index (χ3v) is 12.5. The average molecular weight is 896 g/mol. The fourth-order valence-corrected chi connectivity index (χ4v) is 9.23. The van der Waals surface area contributed by atoms with Crippen LogP contribution in [0.5, 0.6) is 0 Å². The van der Waals surface area contributed by atoms with Gasteiger partial charge in [0.2, 0.25) is 23.6 Å². The molecule has 13 nitrogen and oxygen atoms in total. The van der Waals surface area contributed by atoms with Gasteiger partial charge in [0.1, 0.15) is 5.60 Å². The van der Waals surface area contributed by atoms with Crippen molar-refractivity contribution >= 4 is 69.4 Å². The summed E-state index contributed by atoms with van der Waals surface area (Å²) in [7, 11) is 0. The van der Waals surface area contributed by atoms with Gasteiger partial charge in [0, 0.05) is 85.0 Å². The predicted molar refractivity (Wildman–Crippen MR) is 264 cm³/mol. The fraction of sp³-hybridized carbons (Fsp3) is 0.415. The van der Waals surface area contributed by atoms with Gasteiger partial charge >= 0.3 is 6.09 Å². The van der Waals surface area contributed by atoms with Gasteiger partial charge in [-0.05, 0) is 143 Å². The van der Waals surface area contributed by atoms with E-state index in [0.717, 1.165) is 57.9 Å². The molecular formula is C53H65N7O6. The average Bonchev–Trinajstić information content (AvgIpc) is 3.29. The van der Waals surface area contributed by atoms with E-state index in [9.17, 15) is 24.0 Å². The van der Waals surface area contributed by atoms with E-state index in [2.05, 4.69) is 65.5 Å². The molecule has 0 bridgehead atoms. The van der Waals surface area contributed by atoms with Crippen molar-refractivity contribution in [2.24, 2.45) is 0 Å². The van der Waals surface area contributed by atoms with Crippen LogP contribution < -0.4 is 31.1 Å². The number of nitrogens with one attached hydrogen (secondary N) is 4. The number of carbonyl (C=O) groups excluding carboxylic acids is 5. The van der Waals surface area contributed by atoms with Gasteiger partial charge < -0.3 is 40.7 Å². The van der Waals surface area contributed by atoms with Crippen molar-refractivity contribution in [1.82, 2.24) is 4.90 Å². The van der Waals surface area contributed by atoms with Gasteiger partial charge in [-0.25, -0.2) is 4.79 Å². The second-order valence-corrected chi connectivity index (χ2v) is 18.6. The van der Waals surface area contributed by atoms with Crippen LogP contribution in [0.4, 0.5) is 38.9 Å². The quantitative estimate of drug-likeness (QED) is 0.104. The molecule has 0 saturated heterocycles. The van der Waals surface area contributed by atoms with Crippen LogP contribution in [0, 0.1) is 0 Å². The Morgan fingerprint density at radius 1 is 0.652 bits per heavy atom. The first kappa shape index (κ1) is 47.3. The first-order valence-electron chi connectivity index (χ1n) is 23.5. The van der Waals surface area contributed by atoms with Gasteiger partial charge in [0.25, 0.3) is 0 Å². The van der Waals surface area contributed by atoms with Crippen LogP contribution >= 0.6 is 0 Å². The molecule has 3 aliphatic heterocycles. The standard InChI is InChI=1S/C53H65N7O6/c1-8-50(63)59-34(3)31-44(42-13-10-11-14-46(42)59)54-38-18-22-40(23-19-38)56-48(61)15-12-16-49(62)57-41-24-20-39(21-25-41)55-45-32-35(4)60(51(64)9-2)47-33-37(17-26-43(45)47)36-27-29-58(30-28-36)52(65)66-53(5,6)7/h10-11,13-14,17-27,33-35,44-45,54-55H,8-9,12,15-16,28-32H2,1-7H3,(H,56,61)(H,57,62)/t34-,35-,44+,45+/m0/s1. The molecule has 5 amide bonds. The van der Waals surface area contributed by atoms with Crippen molar-refractivity contribution in [1.29, 1.82) is 0 Å². The lowest BCUT2D eigenvalue weighted by molar-refractivity contribution is -0.119. The maximum atomic E-state index is 13.3. The summed E-state index contributed by atoms with van der Waals surface area (Å²) in [4.78, 5) is 70.0. The number of ether oxygens (including phenoxy) is 1. The number of nitrogens with zero attached hydrogens (tertiary/aromatic N) is 3. The van der Waals surface area contributed by atoms with Crippen LogP contribution in [-0.2, 0) is 23.9 Å². The minimum absolute atomic E-state index is 0.0355. The highest BCUT2D eigenvalue weighted by Crippen LogP contribution is 2.42. The molecule has 0 saturated carbocycles. The molecule has 0 radical (unpaired) electrons. The molecule has 4 aromatic carbocycles. The molecule has 3 heterocycles. The summed E-state index contributed by atoms with van der Waals surface area (Å²) in [5.74, 6) is -0.140. The zero-order valence-electron chi connectivity index (χ0n) is 39.4. The third-order valence-electron chi connectivity index (χ3n) is 12.5. The maximum Gasteiger partial charge on any atom is 0.410 e. The fourth-order valence-electron chi connectivity index (χ4n) is 9.23. The third kappa shape index (κ3) is 11.4. The Kier molecular flexibility index (Phi) is 14.8. The number of benzene rings is 4. The summed E-state index contributed by atoms with van der Waals surface area (Å²) in [5, 5.41) is 13.2. The molecule has 0 aromatic heterocycles. The van der Waals surface area contributed by atoms with E-state index in [1.54, 1.807) is 4.90 Å². The summed E-state index contributed by atoms with van der Waals surface area (Å²) in [5.41, 5.74) is 8.73. The zero-order valence-corrected chi connectivity index (χ0v) is 39.4. The van der Waals surface area contributed by atoms with E-state index in [1.807, 2.05) is 111 Å². The lowest BCUT2D eigenvalue weighted by Crippen LogP contribution is -2.44. The summed E-state index contributed by atoms with van der Waals surface area (Å²) >= 11 is 0. The van der Waals surface area contributed by atoms with Gasteiger partial charge in [-0.15, -0.1) is 0 Å². The van der Waals surface area contributed by atoms with E-state index in [4.69, 9.17) is 4.74 Å². The second kappa shape index (κ2) is 20.7. The van der Waals surface area contributed by atoms with Gasteiger partial charge in [-0.2, -0.15) is 0 Å². The highest BCUT2D eigenvalue weighted by molar-refractivity contribution is 5.97. The molecule has 0 fully saturated rings. The monoisotopic (exact) mass is 895 g/mol. The highest BCUT2D eigenvalue weighted by Gasteiger charge is 2.35. The Labute approximate surface area is 389 Å². The highest BCUT2D eigenvalue weighted by atomic mass is 16.6. The normalized spacial score (nSPS) is 19.1. The minimum atomic E-state index is -0.555. The lowest BCUT2D eigenvalue weighted by Gasteiger charge is -2.40. The molecule has 0 spiro atoms. The first-order chi connectivity index (χ1) is 31.6. The van der Waals surface area contributed by atoms with Gasteiger partial charge in [-0.3, -0.25) is 19.2 Å². The number of hydrogen-bond donors (Lipinski definition) is 4. The van der Waals surface area contributed by atoms with Crippen molar-refractivity contribution in [3.63, 3.8) is 0 Å². The minimum Gasteiger partial charge on any atom is -0.444 e. The number of fused-ring (bicyclic) bond motifs is 2. The van der Waals surface area contributed by atoms with Crippen molar-refractivity contribution in [3.05, 3.63) is 114 Å². The van der Waals surface area contributed by atoms with Crippen molar-refractivity contribution < 1.29 is 28.7 Å². The van der Waals surface area contributed by atoms with E-state index < -0.39 is 5.60 Å². The van der Waals surface area contributed by atoms with Gasteiger partial charge in [-0.1, -0.05) is 50.3 Å². The topological polar surface area (TPSA) is 152 Å². The summed E-state index contributed by atoms with van der Waals surface area (Å²) in [6.45, 7) is 14.6. The lowest BCUT2D eigenvalue weighted by atomic mass is 9.88. The Balaban J connectivity index is 0.888. The molecular weight excluding hydrogens is 831 g/mol. The Morgan fingerprint density at radius 2 is 1.15 bits per heavy atom. The van der Waals surface area contributed by atoms with Gasteiger partial charge in [0.05, 0.1) is 12.1 Å². The smallest absolute Gasteiger partial charge is 0.410 e. The number of para-hydroxylation sites is 1. The Hall–Kier alpha value is -6.63. The zero-order chi connectivity index (χ0) is 47.1. The van der Waals surface area contributed by atoms with E-state index in [-0.39, 0.29) is 66.7 Å². The summed E-state index contributed by atoms with van der Waals surface area (Å²) in [6, 6.07) is 29.6. The molecule has 0 unspecified atom stereocenters. The molecule has 4 N–H and O–H groups in total. The number of amides is 5.